The highest BCUT2D eigenvalue weighted by Gasteiger charge is 2.28. The first-order valence-electron chi connectivity index (χ1n) is 9.62. The first kappa shape index (κ1) is 20.6. The third-order valence-electron chi connectivity index (χ3n) is 4.83. The Labute approximate surface area is 181 Å². The van der Waals surface area contributed by atoms with Gasteiger partial charge in [0.1, 0.15) is 5.82 Å². The van der Waals surface area contributed by atoms with Crippen LogP contribution in [0.25, 0.3) is 5.70 Å². The van der Waals surface area contributed by atoms with Crippen molar-refractivity contribution >= 4 is 38.7 Å². The van der Waals surface area contributed by atoms with Crippen molar-refractivity contribution in [2.24, 2.45) is 4.36 Å². The van der Waals surface area contributed by atoms with Gasteiger partial charge in [0.25, 0.3) is 0 Å². The largest absolute Gasteiger partial charge is 0.327 e. The van der Waals surface area contributed by atoms with Crippen molar-refractivity contribution in [1.82, 2.24) is 4.98 Å². The maximum Gasteiger partial charge on any atom is 0.163 e. The Kier molecular flexibility index (Phi) is 5.92. The van der Waals surface area contributed by atoms with E-state index in [-0.39, 0.29) is 11.2 Å². The molecule has 1 aliphatic rings. The molecule has 0 spiro atoms. The molecule has 4 rings (SSSR count). The molecule has 3 aromatic rings. The Hall–Kier alpha value is -2.64. The summed E-state index contributed by atoms with van der Waals surface area (Å²) in [6.45, 7) is 2.13. The number of aromatic nitrogens is 1. The molecule has 1 aliphatic heterocycles. The zero-order chi connectivity index (χ0) is 21.1. The first-order chi connectivity index (χ1) is 14.5. The molecular formula is C23H22FN3OS2. The molecule has 1 aromatic heterocycles. The molecular weight excluding hydrogens is 417 g/mol. The second-order valence-corrected chi connectivity index (χ2v) is 10.3. The minimum atomic E-state index is -2.61. The lowest BCUT2D eigenvalue weighted by atomic mass is 10.1. The van der Waals surface area contributed by atoms with Crippen molar-refractivity contribution in [3.63, 3.8) is 0 Å². The van der Waals surface area contributed by atoms with Crippen LogP contribution in [-0.4, -0.2) is 20.8 Å². The summed E-state index contributed by atoms with van der Waals surface area (Å²) in [5.74, 6) is 0.168. The zero-order valence-corrected chi connectivity index (χ0v) is 18.4. The Bertz CT molecular complexity index is 1190. The molecule has 2 unspecified atom stereocenters. The van der Waals surface area contributed by atoms with Crippen LogP contribution in [0.4, 0.5) is 15.9 Å². The van der Waals surface area contributed by atoms with Crippen molar-refractivity contribution in [3.05, 3.63) is 89.7 Å². The molecule has 0 aliphatic carbocycles. The molecule has 2 heterocycles. The van der Waals surface area contributed by atoms with Crippen molar-refractivity contribution in [2.75, 3.05) is 11.2 Å². The molecule has 0 N–H and O–H groups in total. The molecule has 154 valence electrons. The molecule has 0 bridgehead atoms. The van der Waals surface area contributed by atoms with E-state index < -0.39 is 9.73 Å². The highest BCUT2D eigenvalue weighted by Crippen LogP contribution is 2.42. The fourth-order valence-corrected chi connectivity index (χ4v) is 5.65. The summed E-state index contributed by atoms with van der Waals surface area (Å²) in [6, 6.07) is 19.5. The topological polar surface area (TPSA) is 45.6 Å². The second kappa shape index (κ2) is 8.62. The lowest BCUT2D eigenvalue weighted by molar-refractivity contribution is 0.627. The van der Waals surface area contributed by atoms with E-state index in [2.05, 4.69) is 26.6 Å². The van der Waals surface area contributed by atoms with E-state index >= 15 is 0 Å². The van der Waals surface area contributed by atoms with Crippen LogP contribution < -0.4 is 4.90 Å². The summed E-state index contributed by atoms with van der Waals surface area (Å²) < 4.78 is 31.0. The number of hydrogen-bond acceptors (Lipinski definition) is 5. The normalized spacial score (nSPS) is 18.0. The fraction of sp³-hybridized carbons (Fsp3) is 0.174. The third-order valence-corrected chi connectivity index (χ3v) is 7.73. The monoisotopic (exact) mass is 439 g/mol. The van der Waals surface area contributed by atoms with Crippen LogP contribution >= 0.6 is 11.8 Å². The number of anilines is 1. The molecule has 2 aromatic carbocycles. The van der Waals surface area contributed by atoms with Crippen LogP contribution in [0.15, 0.2) is 87.6 Å². The predicted octanol–water partition coefficient (Wildman–Crippen LogP) is 6.30. The fourth-order valence-electron chi connectivity index (χ4n) is 3.34. The van der Waals surface area contributed by atoms with E-state index in [1.807, 2.05) is 42.5 Å². The molecule has 0 saturated carbocycles. The molecule has 2 atom stereocenters. The number of thioether (sulfide) groups is 1. The van der Waals surface area contributed by atoms with Crippen LogP contribution in [0.3, 0.4) is 0 Å². The van der Waals surface area contributed by atoms with Gasteiger partial charge in [-0.15, -0.1) is 11.8 Å². The number of halogens is 1. The highest BCUT2D eigenvalue weighted by atomic mass is 32.2. The van der Waals surface area contributed by atoms with Crippen molar-refractivity contribution in [2.45, 2.75) is 23.6 Å². The molecule has 0 fully saturated rings. The Morgan fingerprint density at radius 1 is 1.13 bits per heavy atom. The number of nitrogens with zero attached hydrogens (tertiary/aromatic N) is 3. The smallest absolute Gasteiger partial charge is 0.163 e. The van der Waals surface area contributed by atoms with Crippen LogP contribution in [0.5, 0.6) is 0 Å². The van der Waals surface area contributed by atoms with Gasteiger partial charge < -0.3 is 4.90 Å². The van der Waals surface area contributed by atoms with Crippen LogP contribution in [0, 0.1) is 5.82 Å². The lowest BCUT2D eigenvalue weighted by Gasteiger charge is -2.28. The van der Waals surface area contributed by atoms with E-state index in [0.717, 1.165) is 23.4 Å². The summed E-state index contributed by atoms with van der Waals surface area (Å²) in [6.07, 6.45) is 4.24. The Morgan fingerprint density at radius 2 is 1.87 bits per heavy atom. The van der Waals surface area contributed by atoms with Gasteiger partial charge in [0, 0.05) is 29.1 Å². The average Bonchev–Trinajstić information content (AvgIpc) is 3.19. The first-order valence-corrected chi connectivity index (χ1v) is 12.5. The average molecular weight is 440 g/mol. The van der Waals surface area contributed by atoms with Crippen molar-refractivity contribution in [1.29, 1.82) is 0 Å². The van der Waals surface area contributed by atoms with E-state index in [9.17, 15) is 8.60 Å². The standard InChI is InChI=1S/C23H22FN3OS2/c1-3-23-27(21(16-29-23)17-9-11-18(24)12-10-17)19-13-14-25-22(15-19)26-30(2,28)20-7-5-4-6-8-20/h4-16,23H,3H2,1-2H3. The van der Waals surface area contributed by atoms with Crippen molar-refractivity contribution in [3.8, 4) is 0 Å². The van der Waals surface area contributed by atoms with Gasteiger partial charge >= 0.3 is 0 Å². The molecule has 0 radical (unpaired) electrons. The molecule has 30 heavy (non-hydrogen) atoms. The van der Waals surface area contributed by atoms with Gasteiger partial charge in [-0.1, -0.05) is 25.1 Å². The summed E-state index contributed by atoms with van der Waals surface area (Å²) in [5.41, 5.74) is 2.86. The molecule has 4 nitrogen and oxygen atoms in total. The minimum Gasteiger partial charge on any atom is -0.327 e. The van der Waals surface area contributed by atoms with E-state index in [1.54, 1.807) is 36.3 Å². The van der Waals surface area contributed by atoms with E-state index in [4.69, 9.17) is 0 Å². The summed E-state index contributed by atoms with van der Waals surface area (Å²) in [7, 11) is -2.61. The summed E-state index contributed by atoms with van der Waals surface area (Å²) >= 11 is 1.73. The maximum absolute atomic E-state index is 13.4. The number of benzene rings is 2. The zero-order valence-electron chi connectivity index (χ0n) is 16.7. The van der Waals surface area contributed by atoms with Gasteiger partial charge in [0.05, 0.1) is 20.8 Å². The molecule has 0 saturated heterocycles. The number of hydrogen-bond donors (Lipinski definition) is 0. The highest BCUT2D eigenvalue weighted by molar-refractivity contribution is 8.03. The molecule has 0 amide bonds. The van der Waals surface area contributed by atoms with Gasteiger partial charge in [-0.25, -0.2) is 13.6 Å². The summed E-state index contributed by atoms with van der Waals surface area (Å²) in [4.78, 5) is 7.21. The third kappa shape index (κ3) is 4.27. The minimum absolute atomic E-state index is 0.209. The van der Waals surface area contributed by atoms with Gasteiger partial charge in [-0.3, -0.25) is 0 Å². The van der Waals surface area contributed by atoms with Crippen LogP contribution in [0.1, 0.15) is 18.9 Å². The predicted molar refractivity (Wildman–Crippen MR) is 124 cm³/mol. The van der Waals surface area contributed by atoms with Gasteiger partial charge in [-0.2, -0.15) is 4.36 Å². The van der Waals surface area contributed by atoms with E-state index in [0.29, 0.717) is 10.7 Å². The quantitative estimate of drug-likeness (QED) is 0.468. The number of rotatable bonds is 5. The van der Waals surface area contributed by atoms with Gasteiger partial charge in [0.15, 0.2) is 5.82 Å². The Balaban J connectivity index is 1.73. The lowest BCUT2D eigenvalue weighted by Crippen LogP contribution is -2.26. The number of pyridine rings is 1. The molecule has 7 heteroatoms. The SMILES string of the molecule is CCC1SC=C(c2ccc(F)cc2)N1c1ccnc(N=S(C)(=O)c2ccccc2)c1. The second-order valence-electron chi connectivity index (χ2n) is 6.96. The Morgan fingerprint density at radius 3 is 2.57 bits per heavy atom. The summed E-state index contributed by atoms with van der Waals surface area (Å²) in [5, 5.41) is 2.31. The van der Waals surface area contributed by atoms with Crippen molar-refractivity contribution < 1.29 is 8.60 Å². The van der Waals surface area contributed by atoms with Gasteiger partial charge in [-0.05, 0) is 59.9 Å². The van der Waals surface area contributed by atoms with E-state index in [1.165, 1.54) is 12.1 Å². The van der Waals surface area contributed by atoms with Crippen LogP contribution in [-0.2, 0) is 9.73 Å². The maximum atomic E-state index is 13.4. The van der Waals surface area contributed by atoms with Gasteiger partial charge in [0.2, 0.25) is 0 Å². The van der Waals surface area contributed by atoms with Crippen LogP contribution in [0.2, 0.25) is 0 Å².